The fourth-order valence-electron chi connectivity index (χ4n) is 2.11. The van der Waals surface area contributed by atoms with Gasteiger partial charge in [-0.15, -0.1) is 0 Å². The van der Waals surface area contributed by atoms with Crippen molar-refractivity contribution < 1.29 is 4.39 Å². The molecule has 1 aromatic heterocycles. The molecule has 4 heteroatoms. The molecule has 2 nitrogen and oxygen atoms in total. The maximum absolute atomic E-state index is 13.3. The van der Waals surface area contributed by atoms with Gasteiger partial charge in [-0.25, -0.2) is 4.39 Å². The summed E-state index contributed by atoms with van der Waals surface area (Å²) < 4.78 is 14.3. The summed E-state index contributed by atoms with van der Waals surface area (Å²) in [6.45, 7) is 2.01. The largest absolute Gasteiger partial charge is 0.277 e. The van der Waals surface area contributed by atoms with Crippen molar-refractivity contribution in [2.45, 2.75) is 6.92 Å². The number of H-pyrrole nitrogens is 1. The fraction of sp³-hybridized carbons (Fsp3) is 0.0714. The van der Waals surface area contributed by atoms with E-state index in [2.05, 4.69) is 26.1 Å². The second-order valence-electron chi connectivity index (χ2n) is 4.23. The van der Waals surface area contributed by atoms with Gasteiger partial charge in [-0.2, -0.15) is 5.10 Å². The van der Waals surface area contributed by atoms with Crippen LogP contribution in [0.3, 0.4) is 0 Å². The molecule has 3 aromatic rings. The molecule has 1 heterocycles. The first-order valence-corrected chi connectivity index (χ1v) is 6.34. The van der Waals surface area contributed by atoms with Gasteiger partial charge in [0.05, 0.1) is 5.52 Å². The van der Waals surface area contributed by atoms with Gasteiger partial charge in [0.25, 0.3) is 0 Å². The van der Waals surface area contributed by atoms with E-state index in [1.807, 2.05) is 25.1 Å². The molecule has 0 atom stereocenters. The van der Waals surface area contributed by atoms with Crippen LogP contribution in [0.15, 0.2) is 40.9 Å². The second kappa shape index (κ2) is 4.21. The smallest absolute Gasteiger partial charge is 0.123 e. The van der Waals surface area contributed by atoms with Gasteiger partial charge in [0, 0.05) is 15.4 Å². The molecule has 0 aliphatic heterocycles. The minimum absolute atomic E-state index is 0.254. The normalized spacial score (nSPS) is 11.1. The Morgan fingerprint density at radius 1 is 1.22 bits per heavy atom. The van der Waals surface area contributed by atoms with Gasteiger partial charge in [0.1, 0.15) is 11.5 Å². The average molecular weight is 305 g/mol. The van der Waals surface area contributed by atoms with Crippen LogP contribution in [0.4, 0.5) is 4.39 Å². The van der Waals surface area contributed by atoms with Crippen LogP contribution in [0.2, 0.25) is 0 Å². The number of aryl methyl sites for hydroxylation is 1. The van der Waals surface area contributed by atoms with Crippen molar-refractivity contribution in [3.63, 3.8) is 0 Å². The van der Waals surface area contributed by atoms with Crippen LogP contribution in [0.25, 0.3) is 22.2 Å². The molecule has 0 aliphatic rings. The fourth-order valence-corrected chi connectivity index (χ4v) is 2.68. The second-order valence-corrected chi connectivity index (χ2v) is 5.14. The molecule has 0 bridgehead atoms. The SMILES string of the molecule is Cc1cc(Br)cc2c(-c3cccc(F)c3)n[nH]c12. The zero-order valence-corrected chi connectivity index (χ0v) is 11.3. The zero-order chi connectivity index (χ0) is 12.7. The van der Waals surface area contributed by atoms with Crippen LogP contribution in [-0.2, 0) is 0 Å². The number of nitrogens with zero attached hydrogens (tertiary/aromatic N) is 1. The van der Waals surface area contributed by atoms with E-state index in [9.17, 15) is 4.39 Å². The number of hydrogen-bond donors (Lipinski definition) is 1. The Kier molecular flexibility index (Phi) is 2.67. The summed E-state index contributed by atoms with van der Waals surface area (Å²) in [6.07, 6.45) is 0. The molecule has 0 radical (unpaired) electrons. The summed E-state index contributed by atoms with van der Waals surface area (Å²) in [5.74, 6) is -0.254. The lowest BCUT2D eigenvalue weighted by molar-refractivity contribution is 0.628. The predicted octanol–water partition coefficient (Wildman–Crippen LogP) is 4.44. The monoisotopic (exact) mass is 304 g/mol. The molecule has 0 aliphatic carbocycles. The molecule has 2 aromatic carbocycles. The first-order chi connectivity index (χ1) is 8.65. The number of nitrogens with one attached hydrogen (secondary N) is 1. The van der Waals surface area contributed by atoms with Gasteiger partial charge in [-0.1, -0.05) is 28.1 Å². The number of aromatic amines is 1. The van der Waals surface area contributed by atoms with Crippen LogP contribution in [0.1, 0.15) is 5.56 Å². The van der Waals surface area contributed by atoms with Crippen LogP contribution in [0, 0.1) is 12.7 Å². The number of benzene rings is 2. The molecular weight excluding hydrogens is 295 g/mol. The van der Waals surface area contributed by atoms with Gasteiger partial charge < -0.3 is 0 Å². The van der Waals surface area contributed by atoms with Gasteiger partial charge in [-0.3, -0.25) is 5.10 Å². The Labute approximate surface area is 112 Å². The lowest BCUT2D eigenvalue weighted by Gasteiger charge is -2.00. The van der Waals surface area contributed by atoms with Crippen molar-refractivity contribution >= 4 is 26.8 Å². The van der Waals surface area contributed by atoms with Crippen molar-refractivity contribution in [3.8, 4) is 11.3 Å². The topological polar surface area (TPSA) is 28.7 Å². The molecule has 18 heavy (non-hydrogen) atoms. The third-order valence-corrected chi connectivity index (χ3v) is 3.39. The van der Waals surface area contributed by atoms with Crippen LogP contribution < -0.4 is 0 Å². The summed E-state index contributed by atoms with van der Waals surface area (Å²) in [7, 11) is 0. The van der Waals surface area contributed by atoms with Gasteiger partial charge in [-0.05, 0) is 36.8 Å². The summed E-state index contributed by atoms with van der Waals surface area (Å²) in [5.41, 5.74) is 3.64. The van der Waals surface area contributed by atoms with E-state index in [-0.39, 0.29) is 5.82 Å². The molecule has 0 spiro atoms. The standard InChI is InChI=1S/C14H10BrFN2/c1-8-5-10(15)7-12-13(8)17-18-14(12)9-3-2-4-11(16)6-9/h2-7H,1H3,(H,17,18). The van der Waals surface area contributed by atoms with E-state index in [1.165, 1.54) is 12.1 Å². The Bertz CT molecular complexity index is 734. The van der Waals surface area contributed by atoms with E-state index < -0.39 is 0 Å². The minimum Gasteiger partial charge on any atom is -0.277 e. The number of hydrogen-bond acceptors (Lipinski definition) is 1. The lowest BCUT2D eigenvalue weighted by atomic mass is 10.1. The van der Waals surface area contributed by atoms with Gasteiger partial charge >= 0.3 is 0 Å². The number of fused-ring (bicyclic) bond motifs is 1. The maximum Gasteiger partial charge on any atom is 0.123 e. The van der Waals surface area contributed by atoms with Crippen molar-refractivity contribution in [2.24, 2.45) is 0 Å². The molecule has 0 fully saturated rings. The number of aromatic nitrogens is 2. The summed E-state index contributed by atoms with van der Waals surface area (Å²) in [4.78, 5) is 0. The van der Waals surface area contributed by atoms with Gasteiger partial charge in [0.15, 0.2) is 0 Å². The Balaban J connectivity index is 2.30. The van der Waals surface area contributed by atoms with E-state index in [4.69, 9.17) is 0 Å². The summed E-state index contributed by atoms with van der Waals surface area (Å²) in [5, 5.41) is 8.30. The molecule has 0 saturated heterocycles. The van der Waals surface area contributed by atoms with Crippen molar-refractivity contribution in [1.29, 1.82) is 0 Å². The average Bonchev–Trinajstić information content (AvgIpc) is 2.72. The van der Waals surface area contributed by atoms with E-state index in [1.54, 1.807) is 6.07 Å². The number of halogens is 2. The third kappa shape index (κ3) is 1.82. The van der Waals surface area contributed by atoms with Crippen molar-refractivity contribution in [3.05, 3.63) is 52.3 Å². The summed E-state index contributed by atoms with van der Waals surface area (Å²) >= 11 is 3.47. The molecule has 1 N–H and O–H groups in total. The highest BCUT2D eigenvalue weighted by Crippen LogP contribution is 2.30. The highest BCUT2D eigenvalue weighted by molar-refractivity contribution is 9.10. The van der Waals surface area contributed by atoms with Crippen LogP contribution in [-0.4, -0.2) is 10.2 Å². The molecule has 0 saturated carbocycles. The van der Waals surface area contributed by atoms with E-state index in [0.29, 0.717) is 0 Å². The van der Waals surface area contributed by atoms with Crippen LogP contribution >= 0.6 is 15.9 Å². The van der Waals surface area contributed by atoms with Crippen molar-refractivity contribution in [2.75, 3.05) is 0 Å². The molecule has 0 unspecified atom stereocenters. The third-order valence-electron chi connectivity index (χ3n) is 2.93. The molecule has 0 amide bonds. The molecular formula is C14H10BrFN2. The van der Waals surface area contributed by atoms with Crippen molar-refractivity contribution in [1.82, 2.24) is 10.2 Å². The first kappa shape index (κ1) is 11.4. The van der Waals surface area contributed by atoms with E-state index >= 15 is 0 Å². The predicted molar refractivity (Wildman–Crippen MR) is 73.9 cm³/mol. The first-order valence-electron chi connectivity index (χ1n) is 5.55. The Hall–Kier alpha value is -1.68. The van der Waals surface area contributed by atoms with E-state index in [0.717, 1.165) is 32.2 Å². The molecule has 90 valence electrons. The number of rotatable bonds is 1. The van der Waals surface area contributed by atoms with Gasteiger partial charge in [0.2, 0.25) is 0 Å². The molecule has 3 rings (SSSR count). The lowest BCUT2D eigenvalue weighted by Crippen LogP contribution is -1.81. The Morgan fingerprint density at radius 3 is 2.83 bits per heavy atom. The highest BCUT2D eigenvalue weighted by atomic mass is 79.9. The minimum atomic E-state index is -0.254. The van der Waals surface area contributed by atoms with Crippen LogP contribution in [0.5, 0.6) is 0 Å². The summed E-state index contributed by atoms with van der Waals surface area (Å²) in [6, 6.07) is 10.5. The maximum atomic E-state index is 13.3. The Morgan fingerprint density at radius 2 is 2.06 bits per heavy atom. The highest BCUT2D eigenvalue weighted by Gasteiger charge is 2.11. The zero-order valence-electron chi connectivity index (χ0n) is 9.67. The quantitative estimate of drug-likeness (QED) is 0.707.